The number of piperidine rings is 1. The highest BCUT2D eigenvalue weighted by Crippen LogP contribution is 2.22. The molecule has 0 saturated carbocycles. The van der Waals surface area contributed by atoms with Crippen LogP contribution in [-0.2, 0) is 0 Å². The summed E-state index contributed by atoms with van der Waals surface area (Å²) in [5.74, 6) is 0.0966. The van der Waals surface area contributed by atoms with Gasteiger partial charge in [-0.05, 0) is 51.4 Å². The van der Waals surface area contributed by atoms with E-state index in [9.17, 15) is 4.79 Å². The molecule has 21 heavy (non-hydrogen) atoms. The number of carbonyl (C=O) groups excluding carboxylic acids is 1. The fourth-order valence-electron chi connectivity index (χ4n) is 2.69. The number of nitrogens with one attached hydrogen (secondary N) is 1. The summed E-state index contributed by atoms with van der Waals surface area (Å²) in [7, 11) is 0. The molecule has 1 saturated heterocycles. The molecule has 1 N–H and O–H groups in total. The summed E-state index contributed by atoms with van der Waals surface area (Å²) in [6.07, 6.45) is 3.64. The highest BCUT2D eigenvalue weighted by molar-refractivity contribution is 9.11. The fourth-order valence-corrected chi connectivity index (χ4v) is 3.98. The van der Waals surface area contributed by atoms with Crippen LogP contribution in [0.5, 0.6) is 0 Å². The van der Waals surface area contributed by atoms with Crippen molar-refractivity contribution in [1.82, 2.24) is 10.2 Å². The summed E-state index contributed by atoms with van der Waals surface area (Å²) in [6.45, 7) is 6.00. The van der Waals surface area contributed by atoms with Crippen molar-refractivity contribution in [2.24, 2.45) is 0 Å². The van der Waals surface area contributed by atoms with E-state index in [1.54, 1.807) is 0 Å². The molecule has 1 aliphatic heterocycles. The zero-order chi connectivity index (χ0) is 15.4. The molecule has 1 heterocycles. The third-order valence-electron chi connectivity index (χ3n) is 3.82. The molecule has 1 aromatic carbocycles. The van der Waals surface area contributed by atoms with Gasteiger partial charge in [0.05, 0.1) is 0 Å². The molecule has 2 rings (SSSR count). The van der Waals surface area contributed by atoms with Crippen LogP contribution >= 0.6 is 31.9 Å². The van der Waals surface area contributed by atoms with Gasteiger partial charge in [0.2, 0.25) is 0 Å². The maximum absolute atomic E-state index is 12.8. The fraction of sp³-hybridized carbons (Fsp3) is 0.562. The second-order valence-corrected chi connectivity index (χ2v) is 7.69. The summed E-state index contributed by atoms with van der Waals surface area (Å²) >= 11 is 6.91. The lowest BCUT2D eigenvalue weighted by Crippen LogP contribution is -2.48. The summed E-state index contributed by atoms with van der Waals surface area (Å²) < 4.78 is 1.83. The van der Waals surface area contributed by atoms with Crippen LogP contribution in [0.15, 0.2) is 27.1 Å². The zero-order valence-electron chi connectivity index (χ0n) is 12.5. The summed E-state index contributed by atoms with van der Waals surface area (Å²) in [6, 6.07) is 6.33. The largest absolute Gasteiger partial charge is 0.335 e. The molecule has 1 aromatic rings. The van der Waals surface area contributed by atoms with Gasteiger partial charge in [-0.2, -0.15) is 0 Å². The van der Waals surface area contributed by atoms with Crippen molar-refractivity contribution in [3.8, 4) is 0 Å². The number of benzene rings is 1. The smallest absolute Gasteiger partial charge is 0.254 e. The molecule has 3 nitrogen and oxygen atoms in total. The Kier molecular flexibility index (Phi) is 6.26. The molecule has 1 unspecified atom stereocenters. The average molecular weight is 418 g/mol. The molecule has 1 fully saturated rings. The highest BCUT2D eigenvalue weighted by Gasteiger charge is 2.24. The number of carbonyl (C=O) groups is 1. The second kappa shape index (κ2) is 7.75. The van der Waals surface area contributed by atoms with E-state index in [4.69, 9.17) is 0 Å². The Morgan fingerprint density at radius 1 is 1.29 bits per heavy atom. The molecule has 0 bridgehead atoms. The molecule has 0 radical (unpaired) electrons. The molecule has 1 aliphatic rings. The van der Waals surface area contributed by atoms with E-state index >= 15 is 0 Å². The third-order valence-corrected chi connectivity index (χ3v) is 4.74. The summed E-state index contributed by atoms with van der Waals surface area (Å²) in [5, 5.41) is 3.52. The van der Waals surface area contributed by atoms with E-state index in [1.165, 1.54) is 12.8 Å². The molecule has 0 aliphatic carbocycles. The second-order valence-electron chi connectivity index (χ2n) is 5.86. The zero-order valence-corrected chi connectivity index (χ0v) is 15.7. The first-order chi connectivity index (χ1) is 9.97. The summed E-state index contributed by atoms with van der Waals surface area (Å²) in [5.41, 5.74) is 0.723. The lowest BCUT2D eigenvalue weighted by Gasteiger charge is -2.33. The van der Waals surface area contributed by atoms with Crippen molar-refractivity contribution in [2.75, 3.05) is 13.1 Å². The van der Waals surface area contributed by atoms with Gasteiger partial charge in [0, 0.05) is 33.1 Å². The van der Waals surface area contributed by atoms with Gasteiger partial charge in [0.1, 0.15) is 0 Å². The first-order valence-corrected chi connectivity index (χ1v) is 9.06. The molecule has 5 heteroatoms. The molecule has 116 valence electrons. The normalized spacial score (nSPS) is 18.8. The predicted molar refractivity (Wildman–Crippen MR) is 93.7 cm³/mol. The van der Waals surface area contributed by atoms with Crippen LogP contribution in [0.3, 0.4) is 0 Å². The minimum atomic E-state index is 0.0966. The van der Waals surface area contributed by atoms with Crippen LogP contribution in [0.1, 0.15) is 43.5 Å². The van der Waals surface area contributed by atoms with Crippen LogP contribution in [0.4, 0.5) is 0 Å². The van der Waals surface area contributed by atoms with E-state index < -0.39 is 0 Å². The number of hydrogen-bond donors (Lipinski definition) is 1. The minimum Gasteiger partial charge on any atom is -0.335 e. The number of hydrogen-bond acceptors (Lipinski definition) is 2. The van der Waals surface area contributed by atoms with Gasteiger partial charge in [0.25, 0.3) is 5.91 Å². The first-order valence-electron chi connectivity index (χ1n) is 7.48. The van der Waals surface area contributed by atoms with Crippen molar-refractivity contribution in [3.63, 3.8) is 0 Å². The van der Waals surface area contributed by atoms with Crippen molar-refractivity contribution in [2.45, 2.75) is 45.2 Å². The molecular formula is C16H22Br2N2O. The predicted octanol–water partition coefficient (Wildman–Crippen LogP) is 4.20. The lowest BCUT2D eigenvalue weighted by molar-refractivity contribution is 0.0676. The molecular weight excluding hydrogens is 396 g/mol. The van der Waals surface area contributed by atoms with Crippen LogP contribution in [0.25, 0.3) is 0 Å². The maximum Gasteiger partial charge on any atom is 0.254 e. The number of amides is 1. The SMILES string of the molecule is CC(C)N(CC1CCCCN1)C(=O)c1cc(Br)cc(Br)c1. The van der Waals surface area contributed by atoms with Crippen LogP contribution < -0.4 is 5.32 Å². The van der Waals surface area contributed by atoms with Crippen LogP contribution in [0.2, 0.25) is 0 Å². The topological polar surface area (TPSA) is 32.3 Å². The van der Waals surface area contributed by atoms with Crippen molar-refractivity contribution in [3.05, 3.63) is 32.7 Å². The Morgan fingerprint density at radius 3 is 2.48 bits per heavy atom. The number of halogens is 2. The average Bonchev–Trinajstić information content (AvgIpc) is 2.44. The van der Waals surface area contributed by atoms with Gasteiger partial charge >= 0.3 is 0 Å². The Bertz CT molecular complexity index is 479. The van der Waals surface area contributed by atoms with E-state index in [0.717, 1.165) is 34.0 Å². The summed E-state index contributed by atoms with van der Waals surface area (Å²) in [4.78, 5) is 14.8. The minimum absolute atomic E-state index is 0.0966. The first kappa shape index (κ1) is 17.0. The Hall–Kier alpha value is -0.390. The Balaban J connectivity index is 2.14. The van der Waals surface area contributed by atoms with Gasteiger partial charge in [-0.3, -0.25) is 4.79 Å². The number of nitrogens with zero attached hydrogens (tertiary/aromatic N) is 1. The van der Waals surface area contributed by atoms with E-state index in [0.29, 0.717) is 6.04 Å². The highest BCUT2D eigenvalue weighted by atomic mass is 79.9. The molecule has 0 spiro atoms. The lowest BCUT2D eigenvalue weighted by atomic mass is 10.0. The van der Waals surface area contributed by atoms with Crippen LogP contribution in [-0.4, -0.2) is 36.0 Å². The molecule has 1 amide bonds. The monoisotopic (exact) mass is 416 g/mol. The van der Waals surface area contributed by atoms with E-state index in [2.05, 4.69) is 51.0 Å². The molecule has 1 atom stereocenters. The van der Waals surface area contributed by atoms with Gasteiger partial charge < -0.3 is 10.2 Å². The third kappa shape index (κ3) is 4.80. The van der Waals surface area contributed by atoms with Crippen molar-refractivity contribution < 1.29 is 4.79 Å². The van der Waals surface area contributed by atoms with E-state index in [1.807, 2.05) is 23.1 Å². The van der Waals surface area contributed by atoms with Crippen LogP contribution in [0, 0.1) is 0 Å². The van der Waals surface area contributed by atoms with Crippen molar-refractivity contribution in [1.29, 1.82) is 0 Å². The Morgan fingerprint density at radius 2 is 1.95 bits per heavy atom. The Labute approximate surface area is 143 Å². The standard InChI is InChI=1S/C16H22Br2N2O/c1-11(2)20(10-15-5-3-4-6-19-15)16(21)12-7-13(17)9-14(18)8-12/h7-9,11,15,19H,3-6,10H2,1-2H3. The molecule has 0 aromatic heterocycles. The van der Waals surface area contributed by atoms with Crippen molar-refractivity contribution >= 4 is 37.8 Å². The quantitative estimate of drug-likeness (QED) is 0.795. The van der Waals surface area contributed by atoms with Gasteiger partial charge in [-0.1, -0.05) is 38.3 Å². The number of rotatable bonds is 4. The maximum atomic E-state index is 12.8. The van der Waals surface area contributed by atoms with Gasteiger partial charge in [-0.25, -0.2) is 0 Å². The van der Waals surface area contributed by atoms with E-state index in [-0.39, 0.29) is 11.9 Å². The van der Waals surface area contributed by atoms with Gasteiger partial charge in [-0.15, -0.1) is 0 Å². The van der Waals surface area contributed by atoms with Gasteiger partial charge in [0.15, 0.2) is 0 Å².